The average Bonchev–Trinajstić information content (AvgIpc) is 2.85. The quantitative estimate of drug-likeness (QED) is 0.565. The minimum atomic E-state index is -0.0774. The van der Waals surface area contributed by atoms with E-state index in [1.807, 2.05) is 0 Å². The minimum Gasteiger partial charge on any atom is -0.393 e. The van der Waals surface area contributed by atoms with Crippen LogP contribution in [0.3, 0.4) is 0 Å². The summed E-state index contributed by atoms with van der Waals surface area (Å²) >= 11 is 0. The maximum Gasteiger partial charge on any atom is 0.194 e. The molecule has 0 aromatic carbocycles. The lowest BCUT2D eigenvalue weighted by molar-refractivity contribution is 0.119. The van der Waals surface area contributed by atoms with Gasteiger partial charge in [0.05, 0.1) is 6.10 Å². The Balaban J connectivity index is 1.86. The number of aliphatic hydroxyl groups excluding tert-OH is 1. The van der Waals surface area contributed by atoms with Crippen molar-refractivity contribution in [2.45, 2.75) is 57.6 Å². The average molecular weight is 239 g/mol. The summed E-state index contributed by atoms with van der Waals surface area (Å²) < 4.78 is 0. The first kappa shape index (κ1) is 12.7. The summed E-state index contributed by atoms with van der Waals surface area (Å²) in [6.45, 7) is 5.21. The maximum atomic E-state index is 9.51. The van der Waals surface area contributed by atoms with E-state index in [0.717, 1.165) is 51.3 Å². The second-order valence-electron chi connectivity index (χ2n) is 5.14. The van der Waals surface area contributed by atoms with Gasteiger partial charge in [-0.05, 0) is 45.4 Å². The molecule has 1 aliphatic carbocycles. The lowest BCUT2D eigenvalue weighted by Crippen LogP contribution is -2.46. The zero-order valence-electron chi connectivity index (χ0n) is 10.9. The summed E-state index contributed by atoms with van der Waals surface area (Å²) in [5.41, 5.74) is 0. The number of rotatable bonds is 2. The smallest absolute Gasteiger partial charge is 0.194 e. The second kappa shape index (κ2) is 6.24. The molecule has 0 unspecified atom stereocenters. The lowest BCUT2D eigenvalue weighted by Gasteiger charge is -2.30. The Morgan fingerprint density at radius 2 is 1.88 bits per heavy atom. The van der Waals surface area contributed by atoms with Crippen LogP contribution in [-0.2, 0) is 0 Å². The van der Waals surface area contributed by atoms with E-state index in [1.165, 1.54) is 12.8 Å². The lowest BCUT2D eigenvalue weighted by atomic mass is 9.93. The van der Waals surface area contributed by atoms with E-state index in [1.54, 1.807) is 0 Å². The number of aliphatic hydroxyl groups is 1. The molecule has 0 radical (unpaired) electrons. The molecular formula is C13H25N3O. The van der Waals surface area contributed by atoms with E-state index < -0.39 is 0 Å². The van der Waals surface area contributed by atoms with Crippen molar-refractivity contribution in [2.75, 3.05) is 19.6 Å². The molecule has 0 aromatic heterocycles. The fourth-order valence-corrected chi connectivity index (χ4v) is 2.72. The number of likely N-dealkylation sites (tertiary alicyclic amines) is 1. The topological polar surface area (TPSA) is 47.9 Å². The van der Waals surface area contributed by atoms with Gasteiger partial charge >= 0.3 is 0 Å². The molecule has 1 heterocycles. The zero-order valence-corrected chi connectivity index (χ0v) is 10.9. The number of nitrogens with zero attached hydrogens (tertiary/aromatic N) is 2. The Morgan fingerprint density at radius 3 is 2.47 bits per heavy atom. The van der Waals surface area contributed by atoms with E-state index in [-0.39, 0.29) is 6.10 Å². The Kier molecular flexibility index (Phi) is 4.66. The van der Waals surface area contributed by atoms with Crippen molar-refractivity contribution < 1.29 is 5.11 Å². The first-order valence-electron chi connectivity index (χ1n) is 7.03. The highest BCUT2D eigenvalue weighted by Crippen LogP contribution is 2.19. The van der Waals surface area contributed by atoms with Crippen LogP contribution in [0.2, 0.25) is 0 Å². The normalized spacial score (nSPS) is 30.7. The molecule has 0 spiro atoms. The molecule has 4 heteroatoms. The Bertz CT molecular complexity index is 253. The van der Waals surface area contributed by atoms with Crippen molar-refractivity contribution in [3.63, 3.8) is 0 Å². The Morgan fingerprint density at radius 1 is 1.24 bits per heavy atom. The van der Waals surface area contributed by atoms with Gasteiger partial charge in [0.2, 0.25) is 0 Å². The van der Waals surface area contributed by atoms with Gasteiger partial charge in [-0.2, -0.15) is 0 Å². The Hall–Kier alpha value is -0.770. The molecule has 2 fully saturated rings. The van der Waals surface area contributed by atoms with E-state index in [2.05, 4.69) is 22.1 Å². The zero-order chi connectivity index (χ0) is 12.1. The summed E-state index contributed by atoms with van der Waals surface area (Å²) in [5.74, 6) is 1.09. The maximum absolute atomic E-state index is 9.51. The van der Waals surface area contributed by atoms with Gasteiger partial charge in [-0.15, -0.1) is 0 Å². The van der Waals surface area contributed by atoms with Gasteiger partial charge in [0.15, 0.2) is 5.96 Å². The number of aliphatic imine (C=N–C) groups is 1. The first-order valence-corrected chi connectivity index (χ1v) is 7.03. The van der Waals surface area contributed by atoms with Crippen molar-refractivity contribution in [2.24, 2.45) is 4.99 Å². The van der Waals surface area contributed by atoms with E-state index >= 15 is 0 Å². The third kappa shape index (κ3) is 3.60. The van der Waals surface area contributed by atoms with Gasteiger partial charge in [-0.1, -0.05) is 0 Å². The minimum absolute atomic E-state index is 0.0774. The molecule has 2 aliphatic rings. The van der Waals surface area contributed by atoms with Crippen LogP contribution in [0.1, 0.15) is 45.4 Å². The van der Waals surface area contributed by atoms with Crippen molar-refractivity contribution in [3.8, 4) is 0 Å². The third-order valence-corrected chi connectivity index (χ3v) is 3.74. The summed E-state index contributed by atoms with van der Waals surface area (Å²) in [6.07, 6.45) is 6.48. The second-order valence-corrected chi connectivity index (χ2v) is 5.14. The largest absolute Gasteiger partial charge is 0.393 e. The van der Waals surface area contributed by atoms with Crippen LogP contribution in [0.4, 0.5) is 0 Å². The number of nitrogens with one attached hydrogen (secondary N) is 1. The molecule has 0 amide bonds. The molecule has 4 nitrogen and oxygen atoms in total. The summed E-state index contributed by atoms with van der Waals surface area (Å²) in [6, 6.07) is 0.504. The fourth-order valence-electron chi connectivity index (χ4n) is 2.72. The number of hydrogen-bond acceptors (Lipinski definition) is 2. The standard InChI is InChI=1S/C13H25N3O/c1-2-14-13(16-9-3-4-10-16)15-11-5-7-12(17)8-6-11/h11-12,17H,2-10H2,1H3,(H,14,15). The number of guanidine groups is 1. The van der Waals surface area contributed by atoms with Gasteiger partial charge < -0.3 is 15.3 Å². The van der Waals surface area contributed by atoms with Gasteiger partial charge in [-0.3, -0.25) is 4.99 Å². The highest BCUT2D eigenvalue weighted by Gasteiger charge is 2.23. The SMILES string of the molecule is CCN=C(NC1CCC(O)CC1)N1CCCC1. The summed E-state index contributed by atoms with van der Waals surface area (Å²) in [5, 5.41) is 13.1. The van der Waals surface area contributed by atoms with E-state index in [0.29, 0.717) is 6.04 Å². The van der Waals surface area contributed by atoms with Crippen LogP contribution >= 0.6 is 0 Å². The van der Waals surface area contributed by atoms with Crippen LogP contribution in [0, 0.1) is 0 Å². The highest BCUT2D eigenvalue weighted by molar-refractivity contribution is 5.80. The van der Waals surface area contributed by atoms with Crippen LogP contribution in [0.15, 0.2) is 4.99 Å². The van der Waals surface area contributed by atoms with Crippen LogP contribution < -0.4 is 5.32 Å². The van der Waals surface area contributed by atoms with Crippen LogP contribution in [0.5, 0.6) is 0 Å². The van der Waals surface area contributed by atoms with Gasteiger partial charge in [0.1, 0.15) is 0 Å². The van der Waals surface area contributed by atoms with Crippen molar-refractivity contribution >= 4 is 5.96 Å². The predicted octanol–water partition coefficient (Wildman–Crippen LogP) is 1.35. The molecule has 1 aliphatic heterocycles. The highest BCUT2D eigenvalue weighted by atomic mass is 16.3. The van der Waals surface area contributed by atoms with Crippen molar-refractivity contribution in [3.05, 3.63) is 0 Å². The van der Waals surface area contributed by atoms with Crippen molar-refractivity contribution in [1.82, 2.24) is 10.2 Å². The molecule has 0 atom stereocenters. The number of hydrogen-bond donors (Lipinski definition) is 2. The Labute approximate surface area is 104 Å². The summed E-state index contributed by atoms with van der Waals surface area (Å²) in [4.78, 5) is 6.96. The molecule has 1 saturated heterocycles. The first-order chi connectivity index (χ1) is 8.29. The van der Waals surface area contributed by atoms with E-state index in [4.69, 9.17) is 0 Å². The molecule has 0 aromatic rings. The molecule has 98 valence electrons. The van der Waals surface area contributed by atoms with Crippen LogP contribution in [0.25, 0.3) is 0 Å². The third-order valence-electron chi connectivity index (χ3n) is 3.74. The van der Waals surface area contributed by atoms with E-state index in [9.17, 15) is 5.11 Å². The fraction of sp³-hybridized carbons (Fsp3) is 0.923. The van der Waals surface area contributed by atoms with Crippen LogP contribution in [-0.4, -0.2) is 47.7 Å². The molecule has 2 N–H and O–H groups in total. The van der Waals surface area contributed by atoms with Crippen molar-refractivity contribution in [1.29, 1.82) is 0 Å². The monoisotopic (exact) mass is 239 g/mol. The molecule has 17 heavy (non-hydrogen) atoms. The van der Waals surface area contributed by atoms with Gasteiger partial charge in [-0.25, -0.2) is 0 Å². The molecular weight excluding hydrogens is 214 g/mol. The predicted molar refractivity (Wildman–Crippen MR) is 70.2 cm³/mol. The molecule has 0 bridgehead atoms. The van der Waals surface area contributed by atoms with Gasteiger partial charge in [0, 0.05) is 25.7 Å². The molecule has 2 rings (SSSR count). The van der Waals surface area contributed by atoms with Gasteiger partial charge in [0.25, 0.3) is 0 Å². The molecule has 1 saturated carbocycles. The summed E-state index contributed by atoms with van der Waals surface area (Å²) in [7, 11) is 0.